The molecule has 3 rings (SSSR count). The summed E-state index contributed by atoms with van der Waals surface area (Å²) >= 11 is 1.54. The van der Waals surface area contributed by atoms with Crippen molar-refractivity contribution in [2.45, 2.75) is 56.9 Å². The first-order valence-corrected chi connectivity index (χ1v) is 10.7. The van der Waals surface area contributed by atoms with Gasteiger partial charge in [0.2, 0.25) is 5.84 Å². The number of hydrogen-bond donors (Lipinski definition) is 0. The number of amidine groups is 1. The number of hydrogen-bond acceptors (Lipinski definition) is 3. The smallest absolute Gasteiger partial charge is 0.310 e. The lowest BCUT2D eigenvalue weighted by atomic mass is 9.86. The molecule has 0 spiro atoms. The zero-order chi connectivity index (χ0) is 21.2. The van der Waals surface area contributed by atoms with Gasteiger partial charge in [0.05, 0.1) is 11.6 Å². The van der Waals surface area contributed by atoms with Crippen molar-refractivity contribution in [3.8, 4) is 0 Å². The molecule has 0 N–H and O–H groups in total. The number of rotatable bonds is 6. The fourth-order valence-electron chi connectivity index (χ4n) is 3.66. The highest BCUT2D eigenvalue weighted by molar-refractivity contribution is 8.00. The van der Waals surface area contributed by atoms with Gasteiger partial charge in [0.15, 0.2) is 0 Å². The van der Waals surface area contributed by atoms with Gasteiger partial charge in [0, 0.05) is 16.9 Å². The average molecular weight is 422 g/mol. The Hall–Kier alpha value is -2.02. The molecule has 7 heteroatoms. The van der Waals surface area contributed by atoms with E-state index in [-0.39, 0.29) is 16.5 Å². The Morgan fingerprint density at radius 3 is 2.34 bits per heavy atom. The second-order valence-electron chi connectivity index (χ2n) is 7.94. The predicted molar refractivity (Wildman–Crippen MR) is 118 cm³/mol. The molecule has 0 unspecified atom stereocenters. The molecule has 29 heavy (non-hydrogen) atoms. The largest absolute Gasteiger partial charge is 0.451 e. The molecule has 1 aliphatic carbocycles. The Labute approximate surface area is 174 Å². The van der Waals surface area contributed by atoms with Gasteiger partial charge in [-0.15, -0.1) is 16.9 Å². The minimum atomic E-state index is -4.64. The van der Waals surface area contributed by atoms with Crippen LogP contribution in [0.2, 0.25) is 0 Å². The molecule has 0 amide bonds. The van der Waals surface area contributed by atoms with Crippen LogP contribution >= 0.6 is 11.8 Å². The molecule has 3 nitrogen and oxygen atoms in total. The van der Waals surface area contributed by atoms with Crippen molar-refractivity contribution in [2.75, 3.05) is 10.8 Å². The molecule has 0 bridgehead atoms. The molecule has 0 aromatic heterocycles. The van der Waals surface area contributed by atoms with Crippen LogP contribution in [0.4, 0.5) is 18.9 Å². The summed E-state index contributed by atoms with van der Waals surface area (Å²) in [5, 5.41) is 8.35. The molecule has 2 aromatic carbocycles. The van der Waals surface area contributed by atoms with Crippen LogP contribution in [0.5, 0.6) is 0 Å². The third kappa shape index (κ3) is 4.60. The molecular weight excluding hydrogens is 395 g/mol. The zero-order valence-electron chi connectivity index (χ0n) is 17.0. The lowest BCUT2D eigenvalue weighted by Gasteiger charge is -2.40. The van der Waals surface area contributed by atoms with Gasteiger partial charge in [-0.05, 0) is 35.8 Å². The van der Waals surface area contributed by atoms with E-state index in [4.69, 9.17) is 0 Å². The zero-order valence-corrected chi connectivity index (χ0v) is 17.8. The van der Waals surface area contributed by atoms with Gasteiger partial charge in [0.1, 0.15) is 0 Å². The van der Waals surface area contributed by atoms with E-state index in [1.54, 1.807) is 17.8 Å². The van der Waals surface area contributed by atoms with Gasteiger partial charge < -0.3 is 4.90 Å². The van der Waals surface area contributed by atoms with E-state index >= 15 is 0 Å². The Morgan fingerprint density at radius 1 is 1.17 bits per heavy atom. The number of benzene rings is 2. The van der Waals surface area contributed by atoms with Gasteiger partial charge in [0.25, 0.3) is 0 Å². The Morgan fingerprint density at radius 2 is 1.83 bits per heavy atom. The summed E-state index contributed by atoms with van der Waals surface area (Å²) < 4.78 is 41.7. The summed E-state index contributed by atoms with van der Waals surface area (Å²) in [5.74, 6) is -0.628. The first kappa shape index (κ1) is 21.7. The van der Waals surface area contributed by atoms with Crippen LogP contribution in [-0.4, -0.2) is 29.4 Å². The number of fused-ring (bicyclic) bond motifs is 1. The normalized spacial score (nSPS) is 16.7. The van der Waals surface area contributed by atoms with Gasteiger partial charge in [-0.1, -0.05) is 57.5 Å². The average Bonchev–Trinajstić information content (AvgIpc) is 2.64. The van der Waals surface area contributed by atoms with Crippen LogP contribution in [-0.2, 0) is 0 Å². The highest BCUT2D eigenvalue weighted by Gasteiger charge is 2.42. The van der Waals surface area contributed by atoms with Crippen LogP contribution in [0.3, 0.4) is 0 Å². The van der Waals surface area contributed by atoms with E-state index in [9.17, 15) is 13.2 Å². The number of halogens is 3. The third-order valence-electron chi connectivity index (χ3n) is 5.48. The summed E-state index contributed by atoms with van der Waals surface area (Å²) in [4.78, 5) is 1.25. The van der Waals surface area contributed by atoms with Crippen LogP contribution in [0.25, 0.3) is 10.8 Å². The van der Waals surface area contributed by atoms with Crippen molar-refractivity contribution in [2.24, 2.45) is 10.2 Å². The molecule has 156 valence electrons. The second-order valence-corrected chi connectivity index (χ2v) is 9.47. The predicted octanol–water partition coefficient (Wildman–Crippen LogP) is 6.98. The quantitative estimate of drug-likeness (QED) is 0.218. The molecule has 0 atom stereocenters. The summed E-state index contributed by atoms with van der Waals surface area (Å²) in [7, 11) is 0. The highest BCUT2D eigenvalue weighted by atomic mass is 32.2. The Balaban J connectivity index is 2.14. The molecule has 1 saturated carbocycles. The Bertz CT molecular complexity index is 917. The number of thioether (sulfide) groups is 1. The maximum absolute atomic E-state index is 13.9. The molecule has 2 aromatic rings. The van der Waals surface area contributed by atoms with Crippen LogP contribution in [0.1, 0.15) is 51.5 Å². The van der Waals surface area contributed by atoms with E-state index in [0.717, 1.165) is 35.6 Å². The van der Waals surface area contributed by atoms with E-state index in [1.165, 1.54) is 4.90 Å². The fourth-order valence-corrected chi connectivity index (χ4v) is 4.94. The molecule has 1 fully saturated rings. The van der Waals surface area contributed by atoms with Gasteiger partial charge in [-0.3, -0.25) is 0 Å². The molecule has 1 aliphatic rings. The molecule has 0 radical (unpaired) electrons. The number of anilines is 1. The van der Waals surface area contributed by atoms with Crippen molar-refractivity contribution >= 4 is 40.8 Å². The summed E-state index contributed by atoms with van der Waals surface area (Å²) in [6.45, 7) is 9.42. The number of alkyl halides is 3. The monoisotopic (exact) mass is 421 g/mol. The molecular formula is C22H26F3N3S. The van der Waals surface area contributed by atoms with Crippen molar-refractivity contribution in [3.05, 3.63) is 42.0 Å². The summed E-state index contributed by atoms with van der Waals surface area (Å²) in [6.07, 6.45) is -1.50. The minimum Gasteiger partial charge on any atom is -0.310 e. The van der Waals surface area contributed by atoms with E-state index in [0.29, 0.717) is 5.69 Å². The van der Waals surface area contributed by atoms with Gasteiger partial charge >= 0.3 is 6.18 Å². The maximum atomic E-state index is 13.9. The van der Waals surface area contributed by atoms with Crippen molar-refractivity contribution in [3.63, 3.8) is 0 Å². The lowest BCUT2D eigenvalue weighted by molar-refractivity contribution is -0.0602. The van der Waals surface area contributed by atoms with Crippen LogP contribution < -0.4 is 4.90 Å². The van der Waals surface area contributed by atoms with E-state index < -0.39 is 12.0 Å². The number of nitrogens with zero attached hydrogens (tertiary/aromatic N) is 3. The minimum absolute atomic E-state index is 0.00421. The lowest BCUT2D eigenvalue weighted by Crippen LogP contribution is -2.43. The molecule has 0 saturated heterocycles. The van der Waals surface area contributed by atoms with Crippen molar-refractivity contribution < 1.29 is 13.2 Å². The summed E-state index contributed by atoms with van der Waals surface area (Å²) in [5.41, 5.74) is 1.59. The summed E-state index contributed by atoms with van der Waals surface area (Å²) in [6, 6.07) is 11.3. The standard InChI is InChI=1S/C22H26F3N3S/c1-15(2)16-10-11-19(18-9-6-5-8-17(16)18)28(14-29-21(3)12-7-13-21)20(27-26-4)22(23,24)25/h5-6,8-11,15H,4,7,12-14H2,1-3H3/b27-20-. The maximum Gasteiger partial charge on any atom is 0.451 e. The van der Waals surface area contributed by atoms with Crippen molar-refractivity contribution in [1.82, 2.24) is 0 Å². The van der Waals surface area contributed by atoms with Gasteiger partial charge in [-0.25, -0.2) is 0 Å². The highest BCUT2D eigenvalue weighted by Crippen LogP contribution is 2.45. The van der Waals surface area contributed by atoms with Crippen LogP contribution in [0.15, 0.2) is 46.6 Å². The molecule has 0 aliphatic heterocycles. The van der Waals surface area contributed by atoms with Crippen molar-refractivity contribution in [1.29, 1.82) is 0 Å². The topological polar surface area (TPSA) is 28.0 Å². The molecule has 0 heterocycles. The first-order chi connectivity index (χ1) is 13.7. The first-order valence-electron chi connectivity index (χ1n) is 9.70. The fraction of sp³-hybridized carbons (Fsp3) is 0.455. The van der Waals surface area contributed by atoms with Gasteiger partial charge in [-0.2, -0.15) is 18.3 Å². The SMILES string of the molecule is C=N/N=C(\N(CSC1(C)CCC1)c1ccc(C(C)C)c2ccccc12)C(F)(F)F. The van der Waals surface area contributed by atoms with E-state index in [1.807, 2.05) is 30.3 Å². The Kier molecular flexibility index (Phi) is 6.27. The third-order valence-corrected chi connectivity index (χ3v) is 6.97. The second kappa shape index (κ2) is 8.38. The van der Waals surface area contributed by atoms with Crippen LogP contribution in [0, 0.1) is 0 Å². The van der Waals surface area contributed by atoms with E-state index in [2.05, 4.69) is 37.7 Å².